The third-order valence-corrected chi connectivity index (χ3v) is 3.30. The molecule has 0 aliphatic heterocycles. The lowest BCUT2D eigenvalue weighted by atomic mass is 10.1. The highest BCUT2D eigenvalue weighted by Gasteiger charge is 2.27. The molecule has 0 fully saturated rings. The van der Waals surface area contributed by atoms with E-state index >= 15 is 0 Å². The Hall–Kier alpha value is -1.85. The molecule has 138 valence electrons. The highest BCUT2D eigenvalue weighted by atomic mass is 32.1. The van der Waals surface area contributed by atoms with Gasteiger partial charge in [-0.1, -0.05) is 0 Å². The second-order valence-electron chi connectivity index (χ2n) is 5.25. The molecule has 0 aliphatic carbocycles. The molecule has 0 spiro atoms. The van der Waals surface area contributed by atoms with Crippen molar-refractivity contribution in [2.75, 3.05) is 18.8 Å². The highest BCUT2D eigenvalue weighted by Crippen LogP contribution is 2.02. The number of aliphatic hydroxyl groups excluding tert-OH is 1. The van der Waals surface area contributed by atoms with Crippen LogP contribution in [0.25, 0.3) is 0 Å². The van der Waals surface area contributed by atoms with Crippen molar-refractivity contribution in [1.82, 2.24) is 10.2 Å². The zero-order valence-electron chi connectivity index (χ0n) is 13.2. The number of nitrogens with two attached hydrogens (primary N) is 1. The van der Waals surface area contributed by atoms with Crippen molar-refractivity contribution in [3.8, 4) is 0 Å². The first-order chi connectivity index (χ1) is 11.1. The van der Waals surface area contributed by atoms with E-state index in [2.05, 4.69) is 17.9 Å². The van der Waals surface area contributed by atoms with Crippen molar-refractivity contribution in [1.29, 1.82) is 0 Å². The first-order valence-corrected chi connectivity index (χ1v) is 7.79. The normalized spacial score (nSPS) is 14.3. The smallest absolute Gasteiger partial charge is 0.323 e. The number of rotatable bonds is 11. The number of amides is 2. The Balaban J connectivity index is 4.77. The van der Waals surface area contributed by atoms with E-state index in [1.165, 1.54) is 6.92 Å². The molecule has 0 aliphatic rings. The van der Waals surface area contributed by atoms with Gasteiger partial charge in [-0.15, -0.1) is 0 Å². The molecule has 0 saturated carbocycles. The number of hydrogen-bond acceptors (Lipinski definition) is 7. The quantitative estimate of drug-likeness (QED) is 0.226. The van der Waals surface area contributed by atoms with Crippen molar-refractivity contribution in [3.63, 3.8) is 0 Å². The fourth-order valence-corrected chi connectivity index (χ4v) is 2.04. The summed E-state index contributed by atoms with van der Waals surface area (Å²) in [7, 11) is 0. The molecule has 0 heterocycles. The Labute approximate surface area is 144 Å². The average molecular weight is 365 g/mol. The summed E-state index contributed by atoms with van der Waals surface area (Å²) in [6.45, 7) is 0.548. The molecule has 0 rings (SSSR count). The van der Waals surface area contributed by atoms with Crippen LogP contribution in [-0.4, -0.2) is 81.0 Å². The van der Waals surface area contributed by atoms with Crippen LogP contribution in [0.15, 0.2) is 0 Å². The van der Waals surface area contributed by atoms with Crippen LogP contribution in [0, 0.1) is 0 Å². The van der Waals surface area contributed by atoms with E-state index in [1.807, 2.05) is 0 Å². The van der Waals surface area contributed by atoms with Gasteiger partial charge in [-0.25, -0.2) is 0 Å². The number of carboxylic acids is 2. The molecule has 0 radical (unpaired) electrons. The average Bonchev–Trinajstić information content (AvgIpc) is 2.47. The Morgan fingerprint density at radius 1 is 1.25 bits per heavy atom. The summed E-state index contributed by atoms with van der Waals surface area (Å²) in [5.74, 6) is -3.91. The number of hydrogen-bond donors (Lipinski definition) is 6. The number of nitrogens with zero attached hydrogens (tertiary/aromatic N) is 1. The first-order valence-electron chi connectivity index (χ1n) is 7.15. The van der Waals surface area contributed by atoms with Gasteiger partial charge < -0.3 is 31.3 Å². The van der Waals surface area contributed by atoms with E-state index in [-0.39, 0.29) is 25.1 Å². The minimum atomic E-state index is -1.26. The molecule has 10 nitrogen and oxygen atoms in total. The molecule has 6 N–H and O–H groups in total. The molecule has 0 aromatic rings. The number of aliphatic carboxylic acids is 2. The lowest BCUT2D eigenvalue weighted by Crippen LogP contribution is -2.52. The van der Waals surface area contributed by atoms with Gasteiger partial charge in [-0.3, -0.25) is 19.2 Å². The number of aliphatic hydroxyl groups is 1. The second kappa shape index (κ2) is 10.8. The van der Waals surface area contributed by atoms with Crippen molar-refractivity contribution >= 4 is 36.4 Å². The molecular weight excluding hydrogens is 342 g/mol. The monoisotopic (exact) mass is 365 g/mol. The van der Waals surface area contributed by atoms with Crippen LogP contribution in [0.2, 0.25) is 0 Å². The lowest BCUT2D eigenvalue weighted by molar-refractivity contribution is -0.146. The number of nitrogens with one attached hydrogen (secondary N) is 1. The summed E-state index contributed by atoms with van der Waals surface area (Å²) in [4.78, 5) is 46.4. The standard InChI is InChI=1S/C13H23N3O7S/c1-7(17)4-16(5-11(19)20)12(21)9(6-24)15-10(18)3-2-8(14)13(22)23/h7-9,17,24H,2-6,14H2,1H3,(H,15,18)(H,19,20)(H,22,23). The number of thiol groups is 1. The van der Waals surface area contributed by atoms with Gasteiger partial charge >= 0.3 is 11.9 Å². The van der Waals surface area contributed by atoms with Crippen molar-refractivity contribution in [2.24, 2.45) is 5.73 Å². The molecule has 0 saturated heterocycles. The fraction of sp³-hybridized carbons (Fsp3) is 0.692. The van der Waals surface area contributed by atoms with Gasteiger partial charge in [0, 0.05) is 18.7 Å². The van der Waals surface area contributed by atoms with Gasteiger partial charge in [-0.2, -0.15) is 12.6 Å². The van der Waals surface area contributed by atoms with Gasteiger partial charge in [0.1, 0.15) is 18.6 Å². The predicted octanol–water partition coefficient (Wildman–Crippen LogP) is -2.11. The molecule has 11 heteroatoms. The lowest BCUT2D eigenvalue weighted by Gasteiger charge is -2.27. The van der Waals surface area contributed by atoms with Crippen molar-refractivity contribution < 1.29 is 34.5 Å². The Kier molecular flexibility index (Phi) is 10.0. The minimum Gasteiger partial charge on any atom is -0.480 e. The molecule has 0 aromatic heterocycles. The molecule has 24 heavy (non-hydrogen) atoms. The van der Waals surface area contributed by atoms with E-state index in [0.29, 0.717) is 0 Å². The Bertz CT molecular complexity index is 472. The van der Waals surface area contributed by atoms with Gasteiger partial charge in [0.15, 0.2) is 0 Å². The fourth-order valence-electron chi connectivity index (χ4n) is 1.80. The van der Waals surface area contributed by atoms with Crippen LogP contribution in [0.5, 0.6) is 0 Å². The number of carboxylic acid groups (broad SMARTS) is 2. The van der Waals surface area contributed by atoms with Crippen LogP contribution < -0.4 is 11.1 Å². The molecule has 3 unspecified atom stereocenters. The molecule has 3 atom stereocenters. The summed E-state index contributed by atoms with van der Waals surface area (Å²) in [5, 5.41) is 29.2. The van der Waals surface area contributed by atoms with Gasteiger partial charge in [-0.05, 0) is 13.3 Å². The minimum absolute atomic E-state index is 0.0918. The van der Waals surface area contributed by atoms with Gasteiger partial charge in [0.2, 0.25) is 11.8 Å². The van der Waals surface area contributed by atoms with E-state index in [1.54, 1.807) is 0 Å². The number of carbonyl (C=O) groups excluding carboxylic acids is 2. The zero-order valence-corrected chi connectivity index (χ0v) is 14.1. The topological polar surface area (TPSA) is 170 Å². The Morgan fingerprint density at radius 2 is 1.83 bits per heavy atom. The van der Waals surface area contributed by atoms with Crippen LogP contribution in [-0.2, 0) is 19.2 Å². The molecular formula is C13H23N3O7S. The maximum Gasteiger partial charge on any atom is 0.323 e. The summed E-state index contributed by atoms with van der Waals surface area (Å²) in [5.41, 5.74) is 5.28. The van der Waals surface area contributed by atoms with Crippen molar-refractivity contribution in [3.05, 3.63) is 0 Å². The SMILES string of the molecule is CC(O)CN(CC(=O)O)C(=O)C(CS)NC(=O)CCC(N)C(=O)O. The largest absolute Gasteiger partial charge is 0.480 e. The van der Waals surface area contributed by atoms with Crippen molar-refractivity contribution in [2.45, 2.75) is 38.0 Å². The third-order valence-electron chi connectivity index (χ3n) is 2.94. The summed E-state index contributed by atoms with van der Waals surface area (Å²) >= 11 is 3.96. The van der Waals surface area contributed by atoms with E-state index in [9.17, 15) is 24.3 Å². The Morgan fingerprint density at radius 3 is 2.25 bits per heavy atom. The van der Waals surface area contributed by atoms with Crippen LogP contribution in [0.4, 0.5) is 0 Å². The first kappa shape index (κ1) is 22.1. The van der Waals surface area contributed by atoms with E-state index in [4.69, 9.17) is 15.9 Å². The van der Waals surface area contributed by atoms with Gasteiger partial charge in [0.25, 0.3) is 0 Å². The maximum absolute atomic E-state index is 12.3. The maximum atomic E-state index is 12.3. The van der Waals surface area contributed by atoms with Crippen LogP contribution in [0.3, 0.4) is 0 Å². The molecule has 2 amide bonds. The van der Waals surface area contributed by atoms with Crippen LogP contribution >= 0.6 is 12.6 Å². The summed E-state index contributed by atoms with van der Waals surface area (Å²) in [6.07, 6.45) is -1.26. The van der Waals surface area contributed by atoms with E-state index < -0.39 is 48.5 Å². The summed E-state index contributed by atoms with van der Waals surface area (Å²) in [6, 6.07) is -2.29. The molecule has 0 aromatic carbocycles. The number of carbonyl (C=O) groups is 4. The second-order valence-corrected chi connectivity index (χ2v) is 5.61. The third kappa shape index (κ3) is 8.70. The van der Waals surface area contributed by atoms with Crippen LogP contribution in [0.1, 0.15) is 19.8 Å². The summed E-state index contributed by atoms with van der Waals surface area (Å²) < 4.78 is 0. The molecule has 0 bridgehead atoms. The predicted molar refractivity (Wildman–Crippen MR) is 86.5 cm³/mol. The van der Waals surface area contributed by atoms with Gasteiger partial charge in [0.05, 0.1) is 6.10 Å². The zero-order chi connectivity index (χ0) is 18.9. The van der Waals surface area contributed by atoms with E-state index in [0.717, 1.165) is 4.90 Å². The highest BCUT2D eigenvalue weighted by molar-refractivity contribution is 7.80.